The van der Waals surface area contributed by atoms with Crippen LogP contribution < -0.4 is 0 Å². The molecule has 15 heavy (non-hydrogen) atoms. The van der Waals surface area contributed by atoms with Gasteiger partial charge in [0.2, 0.25) is 0 Å². The third-order valence-electron chi connectivity index (χ3n) is 2.03. The van der Waals surface area contributed by atoms with Crippen LogP contribution in [-0.4, -0.2) is 4.98 Å². The topological polar surface area (TPSA) is 12.9 Å². The van der Waals surface area contributed by atoms with E-state index in [0.29, 0.717) is 0 Å². The number of pyridine rings is 1. The first kappa shape index (κ1) is 9.94. The lowest BCUT2D eigenvalue weighted by Crippen LogP contribution is -1.77. The highest BCUT2D eigenvalue weighted by molar-refractivity contribution is 6.32. The van der Waals surface area contributed by atoms with Crippen molar-refractivity contribution in [3.05, 3.63) is 64.9 Å². The molecular formula is C13H10ClN. The second-order valence-electron chi connectivity index (χ2n) is 3.11. The SMILES string of the molecule is Clc1ccccc1/C=C/c1ccccn1. The number of rotatable bonds is 2. The van der Waals surface area contributed by atoms with Crippen LogP contribution in [0.3, 0.4) is 0 Å². The van der Waals surface area contributed by atoms with Gasteiger partial charge in [0.25, 0.3) is 0 Å². The van der Waals surface area contributed by atoms with E-state index in [1.54, 1.807) is 6.20 Å². The van der Waals surface area contributed by atoms with Crippen molar-refractivity contribution in [1.29, 1.82) is 0 Å². The zero-order chi connectivity index (χ0) is 10.5. The van der Waals surface area contributed by atoms with Gasteiger partial charge in [-0.05, 0) is 29.8 Å². The molecular weight excluding hydrogens is 206 g/mol. The summed E-state index contributed by atoms with van der Waals surface area (Å²) in [6.45, 7) is 0. The van der Waals surface area contributed by atoms with Gasteiger partial charge in [0.15, 0.2) is 0 Å². The summed E-state index contributed by atoms with van der Waals surface area (Å²) in [5, 5.41) is 0.754. The van der Waals surface area contributed by atoms with Gasteiger partial charge in [-0.15, -0.1) is 0 Å². The molecule has 2 heteroatoms. The predicted octanol–water partition coefficient (Wildman–Crippen LogP) is 3.91. The highest BCUT2D eigenvalue weighted by atomic mass is 35.5. The third kappa shape index (κ3) is 2.67. The van der Waals surface area contributed by atoms with E-state index in [9.17, 15) is 0 Å². The monoisotopic (exact) mass is 215 g/mol. The second-order valence-corrected chi connectivity index (χ2v) is 3.52. The van der Waals surface area contributed by atoms with E-state index < -0.39 is 0 Å². The molecule has 1 aromatic carbocycles. The van der Waals surface area contributed by atoms with Crippen LogP contribution in [-0.2, 0) is 0 Å². The van der Waals surface area contributed by atoms with Crippen LogP contribution in [0.5, 0.6) is 0 Å². The van der Waals surface area contributed by atoms with Crippen molar-refractivity contribution in [3.63, 3.8) is 0 Å². The minimum atomic E-state index is 0.754. The molecule has 0 N–H and O–H groups in total. The average molecular weight is 216 g/mol. The minimum absolute atomic E-state index is 0.754. The fourth-order valence-electron chi connectivity index (χ4n) is 1.26. The fraction of sp³-hybridized carbons (Fsp3) is 0. The second kappa shape index (κ2) is 4.76. The Hall–Kier alpha value is -1.60. The first-order valence-corrected chi connectivity index (χ1v) is 5.08. The van der Waals surface area contributed by atoms with E-state index in [0.717, 1.165) is 16.3 Å². The quantitative estimate of drug-likeness (QED) is 0.740. The van der Waals surface area contributed by atoms with E-state index in [4.69, 9.17) is 11.6 Å². The summed E-state index contributed by atoms with van der Waals surface area (Å²) in [5.41, 5.74) is 1.93. The Morgan fingerprint density at radius 1 is 0.933 bits per heavy atom. The molecule has 0 saturated heterocycles. The van der Waals surface area contributed by atoms with Crippen LogP contribution >= 0.6 is 11.6 Å². The predicted molar refractivity (Wildman–Crippen MR) is 64.6 cm³/mol. The molecule has 0 fully saturated rings. The van der Waals surface area contributed by atoms with Crippen LogP contribution in [0.1, 0.15) is 11.3 Å². The number of hydrogen-bond acceptors (Lipinski definition) is 1. The molecule has 2 aromatic rings. The molecule has 1 nitrogen and oxygen atoms in total. The van der Waals surface area contributed by atoms with Crippen LogP contribution in [0.2, 0.25) is 5.02 Å². The van der Waals surface area contributed by atoms with Gasteiger partial charge in [0, 0.05) is 11.2 Å². The molecule has 1 heterocycles. The molecule has 0 unspecified atom stereocenters. The van der Waals surface area contributed by atoms with Crippen molar-refractivity contribution in [1.82, 2.24) is 4.98 Å². The molecule has 0 bridgehead atoms. The Balaban J connectivity index is 2.23. The summed E-state index contributed by atoms with van der Waals surface area (Å²) in [7, 11) is 0. The Bertz CT molecular complexity index is 463. The van der Waals surface area contributed by atoms with E-state index in [2.05, 4.69) is 4.98 Å². The van der Waals surface area contributed by atoms with Gasteiger partial charge in [-0.2, -0.15) is 0 Å². The zero-order valence-corrected chi connectivity index (χ0v) is 8.85. The largest absolute Gasteiger partial charge is 0.257 e. The molecule has 0 atom stereocenters. The van der Waals surface area contributed by atoms with Gasteiger partial charge in [0.1, 0.15) is 0 Å². The molecule has 2 rings (SSSR count). The summed E-state index contributed by atoms with van der Waals surface area (Å²) in [6, 6.07) is 13.5. The van der Waals surface area contributed by atoms with Gasteiger partial charge in [-0.25, -0.2) is 0 Å². The normalized spacial score (nSPS) is 10.7. The van der Waals surface area contributed by atoms with E-state index in [1.807, 2.05) is 54.6 Å². The summed E-state index contributed by atoms with van der Waals surface area (Å²) >= 11 is 6.02. The van der Waals surface area contributed by atoms with Crippen LogP contribution in [0.15, 0.2) is 48.7 Å². The van der Waals surface area contributed by atoms with E-state index >= 15 is 0 Å². The first-order valence-electron chi connectivity index (χ1n) is 4.70. The van der Waals surface area contributed by atoms with Crippen molar-refractivity contribution in [2.75, 3.05) is 0 Å². The molecule has 74 valence electrons. The summed E-state index contributed by atoms with van der Waals surface area (Å²) in [4.78, 5) is 4.19. The number of aromatic nitrogens is 1. The number of benzene rings is 1. The standard InChI is InChI=1S/C13H10ClN/c14-13-7-2-1-5-11(13)8-9-12-6-3-4-10-15-12/h1-10H/b9-8+. The summed E-state index contributed by atoms with van der Waals surface area (Å²) in [5.74, 6) is 0. The first-order chi connectivity index (χ1) is 7.36. The maximum absolute atomic E-state index is 6.02. The summed E-state index contributed by atoms with van der Waals surface area (Å²) < 4.78 is 0. The number of halogens is 1. The Kier molecular flexibility index (Phi) is 3.15. The Morgan fingerprint density at radius 2 is 1.73 bits per heavy atom. The van der Waals surface area contributed by atoms with E-state index in [-0.39, 0.29) is 0 Å². The molecule has 0 spiro atoms. The fourth-order valence-corrected chi connectivity index (χ4v) is 1.46. The lowest BCUT2D eigenvalue weighted by Gasteiger charge is -1.96. The van der Waals surface area contributed by atoms with Gasteiger partial charge in [0.05, 0.1) is 5.69 Å². The van der Waals surface area contributed by atoms with Gasteiger partial charge >= 0.3 is 0 Å². The van der Waals surface area contributed by atoms with Gasteiger partial charge < -0.3 is 0 Å². The van der Waals surface area contributed by atoms with Gasteiger partial charge in [-0.3, -0.25) is 4.98 Å². The molecule has 0 aliphatic heterocycles. The molecule has 0 amide bonds. The molecule has 0 aliphatic carbocycles. The Morgan fingerprint density at radius 3 is 2.47 bits per heavy atom. The number of nitrogens with zero attached hydrogens (tertiary/aromatic N) is 1. The minimum Gasteiger partial charge on any atom is -0.257 e. The number of hydrogen-bond donors (Lipinski definition) is 0. The van der Waals surface area contributed by atoms with Crippen LogP contribution in [0, 0.1) is 0 Å². The lowest BCUT2D eigenvalue weighted by atomic mass is 10.2. The zero-order valence-electron chi connectivity index (χ0n) is 8.10. The lowest BCUT2D eigenvalue weighted by molar-refractivity contribution is 1.30. The van der Waals surface area contributed by atoms with Crippen molar-refractivity contribution in [3.8, 4) is 0 Å². The molecule has 0 saturated carbocycles. The maximum atomic E-state index is 6.02. The maximum Gasteiger partial charge on any atom is 0.0629 e. The van der Waals surface area contributed by atoms with Crippen LogP contribution in [0.25, 0.3) is 12.2 Å². The van der Waals surface area contributed by atoms with Crippen molar-refractivity contribution < 1.29 is 0 Å². The van der Waals surface area contributed by atoms with Gasteiger partial charge in [-0.1, -0.05) is 41.9 Å². The molecule has 1 aromatic heterocycles. The average Bonchev–Trinajstić information content (AvgIpc) is 2.29. The van der Waals surface area contributed by atoms with E-state index in [1.165, 1.54) is 0 Å². The molecule has 0 aliphatic rings. The molecule has 0 radical (unpaired) electrons. The Labute approximate surface area is 94.1 Å². The van der Waals surface area contributed by atoms with Crippen molar-refractivity contribution in [2.24, 2.45) is 0 Å². The third-order valence-corrected chi connectivity index (χ3v) is 2.37. The highest BCUT2D eigenvalue weighted by Gasteiger charge is 1.93. The van der Waals surface area contributed by atoms with Crippen molar-refractivity contribution in [2.45, 2.75) is 0 Å². The smallest absolute Gasteiger partial charge is 0.0629 e. The van der Waals surface area contributed by atoms with Crippen LogP contribution in [0.4, 0.5) is 0 Å². The highest BCUT2D eigenvalue weighted by Crippen LogP contribution is 2.17. The summed E-state index contributed by atoms with van der Waals surface area (Å²) in [6.07, 6.45) is 5.68. The van der Waals surface area contributed by atoms with Crippen molar-refractivity contribution >= 4 is 23.8 Å².